The third kappa shape index (κ3) is 5.83. The number of aliphatic hydroxyl groups is 1. The standard InChI is InChI=1S/C23H33FN4O3/c1-17(18-5-7-19(24)8-6-18)28-16-25-15-21(28)20(9-14-29)26-10-12-27(13-11-26)22(30)31-23(2,3)4/h5-8,15-17,20,29H,9-14H2,1-4H3/t17-,20?/m1/s1. The molecule has 3 rings (SSSR count). The molecule has 1 aromatic carbocycles. The number of hydrogen-bond acceptors (Lipinski definition) is 5. The van der Waals surface area contributed by atoms with Gasteiger partial charge in [0, 0.05) is 39.0 Å². The number of aliphatic hydroxyl groups excluding tert-OH is 1. The van der Waals surface area contributed by atoms with Crippen LogP contribution in [0.25, 0.3) is 0 Å². The summed E-state index contributed by atoms with van der Waals surface area (Å²) in [7, 11) is 0. The van der Waals surface area contributed by atoms with E-state index >= 15 is 0 Å². The van der Waals surface area contributed by atoms with Gasteiger partial charge in [0.1, 0.15) is 11.4 Å². The molecule has 1 unspecified atom stereocenters. The number of carbonyl (C=O) groups is 1. The molecule has 170 valence electrons. The fraction of sp³-hybridized carbons (Fsp3) is 0.565. The summed E-state index contributed by atoms with van der Waals surface area (Å²) < 4.78 is 20.9. The van der Waals surface area contributed by atoms with Gasteiger partial charge in [0.2, 0.25) is 0 Å². The summed E-state index contributed by atoms with van der Waals surface area (Å²) in [6.45, 7) is 10.2. The van der Waals surface area contributed by atoms with Gasteiger partial charge >= 0.3 is 6.09 Å². The van der Waals surface area contributed by atoms with Crippen LogP contribution in [-0.2, 0) is 4.74 Å². The normalized spacial score (nSPS) is 17.4. The van der Waals surface area contributed by atoms with Crippen molar-refractivity contribution in [1.29, 1.82) is 0 Å². The predicted octanol–water partition coefficient (Wildman–Crippen LogP) is 3.61. The molecule has 2 aromatic rings. The first-order chi connectivity index (χ1) is 14.7. The number of piperazine rings is 1. The van der Waals surface area contributed by atoms with Gasteiger partial charge in [-0.05, 0) is 51.8 Å². The topological polar surface area (TPSA) is 70.8 Å². The molecule has 1 aromatic heterocycles. The molecular formula is C23H33FN4O3. The molecule has 1 N–H and O–H groups in total. The highest BCUT2D eigenvalue weighted by Gasteiger charge is 2.31. The Morgan fingerprint density at radius 3 is 2.42 bits per heavy atom. The highest BCUT2D eigenvalue weighted by Crippen LogP contribution is 2.30. The molecule has 1 saturated heterocycles. The second-order valence-electron chi connectivity index (χ2n) is 8.98. The van der Waals surface area contributed by atoms with Gasteiger partial charge in [-0.3, -0.25) is 4.90 Å². The van der Waals surface area contributed by atoms with Crippen molar-refractivity contribution < 1.29 is 19.0 Å². The van der Waals surface area contributed by atoms with E-state index in [-0.39, 0.29) is 30.6 Å². The quantitative estimate of drug-likeness (QED) is 0.755. The Morgan fingerprint density at radius 2 is 1.84 bits per heavy atom. The fourth-order valence-corrected chi connectivity index (χ4v) is 3.98. The second kappa shape index (κ2) is 9.78. The van der Waals surface area contributed by atoms with Gasteiger partial charge in [-0.15, -0.1) is 0 Å². The summed E-state index contributed by atoms with van der Waals surface area (Å²) >= 11 is 0. The number of hydrogen-bond donors (Lipinski definition) is 1. The number of rotatable bonds is 6. The first-order valence-corrected chi connectivity index (χ1v) is 10.8. The zero-order chi connectivity index (χ0) is 22.6. The van der Waals surface area contributed by atoms with E-state index in [2.05, 4.69) is 21.4 Å². The number of ether oxygens (including phenoxy) is 1. The Kier molecular flexibility index (Phi) is 7.33. The molecular weight excluding hydrogens is 399 g/mol. The zero-order valence-corrected chi connectivity index (χ0v) is 18.8. The average Bonchev–Trinajstić information content (AvgIpc) is 3.20. The lowest BCUT2D eigenvalue weighted by Crippen LogP contribution is -2.51. The van der Waals surface area contributed by atoms with Gasteiger partial charge in [-0.2, -0.15) is 0 Å². The van der Waals surface area contributed by atoms with Crippen molar-refractivity contribution in [2.45, 2.75) is 51.8 Å². The number of imidazole rings is 1. The Morgan fingerprint density at radius 1 is 1.19 bits per heavy atom. The maximum absolute atomic E-state index is 13.3. The van der Waals surface area contributed by atoms with E-state index in [1.807, 2.05) is 27.0 Å². The molecule has 7 nitrogen and oxygen atoms in total. The van der Waals surface area contributed by atoms with E-state index < -0.39 is 5.60 Å². The van der Waals surface area contributed by atoms with Crippen LogP contribution < -0.4 is 0 Å². The van der Waals surface area contributed by atoms with Crippen LogP contribution in [-0.4, -0.2) is 68.9 Å². The smallest absolute Gasteiger partial charge is 0.410 e. The third-order valence-corrected chi connectivity index (χ3v) is 5.62. The van der Waals surface area contributed by atoms with Crippen molar-refractivity contribution in [1.82, 2.24) is 19.4 Å². The molecule has 31 heavy (non-hydrogen) atoms. The number of benzene rings is 1. The lowest BCUT2D eigenvalue weighted by Gasteiger charge is -2.40. The number of amides is 1. The van der Waals surface area contributed by atoms with Crippen molar-refractivity contribution >= 4 is 6.09 Å². The lowest BCUT2D eigenvalue weighted by atomic mass is 10.0. The number of nitrogens with zero attached hydrogens (tertiary/aromatic N) is 4. The molecule has 0 radical (unpaired) electrons. The summed E-state index contributed by atoms with van der Waals surface area (Å²) in [6, 6.07) is 6.43. The van der Waals surface area contributed by atoms with Crippen LogP contribution in [0.5, 0.6) is 0 Å². The number of halogens is 1. The van der Waals surface area contributed by atoms with Crippen LogP contribution in [0.3, 0.4) is 0 Å². The molecule has 0 bridgehead atoms. The van der Waals surface area contributed by atoms with Gasteiger partial charge in [-0.1, -0.05) is 12.1 Å². The highest BCUT2D eigenvalue weighted by molar-refractivity contribution is 5.68. The SMILES string of the molecule is C[C@H](c1ccc(F)cc1)n1cncc1C(CCO)N1CCN(C(=O)OC(C)(C)C)CC1. The summed E-state index contributed by atoms with van der Waals surface area (Å²) in [5.41, 5.74) is 1.46. The van der Waals surface area contributed by atoms with Gasteiger partial charge in [0.25, 0.3) is 0 Å². The Bertz CT molecular complexity index is 854. The van der Waals surface area contributed by atoms with Gasteiger partial charge < -0.3 is 19.3 Å². The summed E-state index contributed by atoms with van der Waals surface area (Å²) in [6.07, 6.45) is 3.89. The van der Waals surface area contributed by atoms with E-state index in [0.717, 1.165) is 11.3 Å². The van der Waals surface area contributed by atoms with Gasteiger partial charge in [-0.25, -0.2) is 14.2 Å². The third-order valence-electron chi connectivity index (χ3n) is 5.62. The highest BCUT2D eigenvalue weighted by atomic mass is 19.1. The van der Waals surface area contributed by atoms with E-state index in [0.29, 0.717) is 32.6 Å². The van der Waals surface area contributed by atoms with E-state index in [1.54, 1.807) is 23.4 Å². The van der Waals surface area contributed by atoms with E-state index in [9.17, 15) is 14.3 Å². The minimum absolute atomic E-state index is 0.0256. The van der Waals surface area contributed by atoms with Crippen molar-refractivity contribution in [2.75, 3.05) is 32.8 Å². The number of carbonyl (C=O) groups excluding carboxylic acids is 1. The Labute approximate surface area is 183 Å². The number of aromatic nitrogens is 2. The minimum Gasteiger partial charge on any atom is -0.444 e. The monoisotopic (exact) mass is 432 g/mol. The first-order valence-electron chi connectivity index (χ1n) is 10.8. The van der Waals surface area contributed by atoms with Crippen LogP contribution >= 0.6 is 0 Å². The van der Waals surface area contributed by atoms with Crippen molar-refractivity contribution in [3.05, 3.63) is 53.9 Å². The average molecular weight is 433 g/mol. The molecule has 2 atom stereocenters. The largest absolute Gasteiger partial charge is 0.444 e. The molecule has 1 fully saturated rings. The van der Waals surface area contributed by atoms with Crippen molar-refractivity contribution in [3.8, 4) is 0 Å². The van der Waals surface area contributed by atoms with Crippen LogP contribution in [0.2, 0.25) is 0 Å². The predicted molar refractivity (Wildman–Crippen MR) is 116 cm³/mol. The van der Waals surface area contributed by atoms with E-state index in [1.165, 1.54) is 12.1 Å². The zero-order valence-electron chi connectivity index (χ0n) is 18.8. The Balaban J connectivity index is 1.73. The molecule has 8 heteroatoms. The van der Waals surface area contributed by atoms with Gasteiger partial charge in [0.05, 0.1) is 24.1 Å². The summed E-state index contributed by atoms with van der Waals surface area (Å²) in [4.78, 5) is 20.7. The molecule has 0 saturated carbocycles. The maximum Gasteiger partial charge on any atom is 0.410 e. The van der Waals surface area contributed by atoms with Crippen LogP contribution in [0.1, 0.15) is 57.5 Å². The molecule has 1 aliphatic rings. The molecule has 0 aliphatic carbocycles. The Hall–Kier alpha value is -2.45. The molecule has 1 aliphatic heterocycles. The summed E-state index contributed by atoms with van der Waals surface area (Å²) in [5, 5.41) is 9.73. The van der Waals surface area contributed by atoms with Crippen molar-refractivity contribution in [3.63, 3.8) is 0 Å². The summed E-state index contributed by atoms with van der Waals surface area (Å²) in [5.74, 6) is -0.261. The van der Waals surface area contributed by atoms with E-state index in [4.69, 9.17) is 4.74 Å². The minimum atomic E-state index is -0.517. The fourth-order valence-electron chi connectivity index (χ4n) is 3.98. The second-order valence-corrected chi connectivity index (χ2v) is 8.98. The first kappa shape index (κ1) is 23.2. The van der Waals surface area contributed by atoms with Crippen LogP contribution in [0.15, 0.2) is 36.8 Å². The van der Waals surface area contributed by atoms with Gasteiger partial charge in [0.15, 0.2) is 0 Å². The lowest BCUT2D eigenvalue weighted by molar-refractivity contribution is 0.00829. The maximum atomic E-state index is 13.3. The van der Waals surface area contributed by atoms with Crippen molar-refractivity contribution in [2.24, 2.45) is 0 Å². The van der Waals surface area contributed by atoms with Crippen LogP contribution in [0, 0.1) is 5.82 Å². The molecule has 0 spiro atoms. The molecule has 1 amide bonds. The molecule has 2 heterocycles. The van der Waals surface area contributed by atoms with Crippen LogP contribution in [0.4, 0.5) is 9.18 Å².